The zero-order valence-corrected chi connectivity index (χ0v) is 5.13. The van der Waals surface area contributed by atoms with Crippen LogP contribution < -0.4 is 0 Å². The molecule has 0 unspecified atom stereocenters. The second-order valence-electron chi connectivity index (χ2n) is 1.31. The van der Waals surface area contributed by atoms with E-state index in [2.05, 4.69) is 0 Å². The first-order valence-corrected chi connectivity index (χ1v) is 2.75. The van der Waals surface area contributed by atoms with Crippen LogP contribution in [0, 0.1) is 0 Å². The number of hydrogen-bond donors (Lipinski definition) is 1. The van der Waals surface area contributed by atoms with Crippen molar-refractivity contribution in [1.29, 1.82) is 0 Å². The number of rotatable bonds is 4. The van der Waals surface area contributed by atoms with E-state index in [4.69, 9.17) is 9.84 Å². The van der Waals surface area contributed by atoms with Crippen LogP contribution in [0.15, 0.2) is 12.2 Å². The molecule has 2 nitrogen and oxygen atoms in total. The van der Waals surface area contributed by atoms with E-state index in [0.717, 1.165) is 6.61 Å². The summed E-state index contributed by atoms with van der Waals surface area (Å²) in [5.41, 5.74) is 0. The third kappa shape index (κ3) is 5.66. The van der Waals surface area contributed by atoms with Crippen molar-refractivity contribution in [2.75, 3.05) is 19.8 Å². The normalized spacial score (nSPS) is 10.8. The smallest absolute Gasteiger partial charge is 0.0648 e. The molecule has 0 aliphatic rings. The van der Waals surface area contributed by atoms with Crippen LogP contribution in [-0.4, -0.2) is 24.9 Å². The van der Waals surface area contributed by atoms with Gasteiger partial charge >= 0.3 is 0 Å². The van der Waals surface area contributed by atoms with Crippen LogP contribution in [0.2, 0.25) is 0 Å². The van der Waals surface area contributed by atoms with Crippen LogP contribution in [-0.2, 0) is 4.74 Å². The van der Waals surface area contributed by atoms with Crippen LogP contribution in [0.25, 0.3) is 0 Å². The van der Waals surface area contributed by atoms with Gasteiger partial charge in [0, 0.05) is 6.61 Å². The van der Waals surface area contributed by atoms with Crippen LogP contribution in [0.5, 0.6) is 0 Å². The van der Waals surface area contributed by atoms with Crippen molar-refractivity contribution in [3.05, 3.63) is 12.2 Å². The standard InChI is InChI=1S/C6H12O2/c1-2-8-6-4-3-5-7/h3-4,7H,2,5-6H2,1H3. The van der Waals surface area contributed by atoms with Gasteiger partial charge in [0.05, 0.1) is 13.2 Å². The highest BCUT2D eigenvalue weighted by Gasteiger charge is 1.72. The maximum atomic E-state index is 8.22. The molecule has 0 amide bonds. The van der Waals surface area contributed by atoms with Gasteiger partial charge in [-0.05, 0) is 6.92 Å². The molecule has 1 N–H and O–H groups in total. The first-order chi connectivity index (χ1) is 3.91. The lowest BCUT2D eigenvalue weighted by molar-refractivity contribution is 0.177. The van der Waals surface area contributed by atoms with Gasteiger partial charge in [0.2, 0.25) is 0 Å². The Balaban J connectivity index is 2.80. The molecule has 0 aromatic rings. The fourth-order valence-electron chi connectivity index (χ4n) is 0.328. The lowest BCUT2D eigenvalue weighted by Crippen LogP contribution is -1.88. The van der Waals surface area contributed by atoms with E-state index in [1.807, 2.05) is 6.92 Å². The minimum absolute atomic E-state index is 0.104. The summed E-state index contributed by atoms with van der Waals surface area (Å²) in [5.74, 6) is 0. The van der Waals surface area contributed by atoms with Crippen LogP contribution in [0.4, 0.5) is 0 Å². The van der Waals surface area contributed by atoms with Crippen molar-refractivity contribution < 1.29 is 9.84 Å². The van der Waals surface area contributed by atoms with Gasteiger partial charge in [-0.2, -0.15) is 0 Å². The highest BCUT2D eigenvalue weighted by atomic mass is 16.5. The number of aliphatic hydroxyl groups excluding tert-OH is 1. The number of hydrogen-bond acceptors (Lipinski definition) is 2. The zero-order valence-electron chi connectivity index (χ0n) is 5.13. The van der Waals surface area contributed by atoms with Gasteiger partial charge < -0.3 is 9.84 Å². The summed E-state index contributed by atoms with van der Waals surface area (Å²) in [6.45, 7) is 3.38. The fourth-order valence-corrected chi connectivity index (χ4v) is 0.328. The molecular formula is C6H12O2. The van der Waals surface area contributed by atoms with Gasteiger partial charge in [0.15, 0.2) is 0 Å². The SMILES string of the molecule is CCOCC=CCO. The molecule has 2 heteroatoms. The Hall–Kier alpha value is -0.340. The van der Waals surface area contributed by atoms with Crippen molar-refractivity contribution in [3.63, 3.8) is 0 Å². The van der Waals surface area contributed by atoms with Gasteiger partial charge in [-0.25, -0.2) is 0 Å². The van der Waals surface area contributed by atoms with E-state index in [9.17, 15) is 0 Å². The molecular weight excluding hydrogens is 104 g/mol. The minimum atomic E-state index is 0.104. The molecule has 0 bridgehead atoms. The monoisotopic (exact) mass is 116 g/mol. The van der Waals surface area contributed by atoms with Crippen LogP contribution in [0.3, 0.4) is 0 Å². The predicted molar refractivity (Wildman–Crippen MR) is 32.7 cm³/mol. The molecule has 0 spiro atoms. The highest BCUT2D eigenvalue weighted by Crippen LogP contribution is 1.74. The van der Waals surface area contributed by atoms with E-state index in [1.165, 1.54) is 0 Å². The van der Waals surface area contributed by atoms with Crippen molar-refractivity contribution in [2.24, 2.45) is 0 Å². The van der Waals surface area contributed by atoms with Crippen molar-refractivity contribution in [1.82, 2.24) is 0 Å². The summed E-state index contributed by atoms with van der Waals surface area (Å²) in [7, 11) is 0. The van der Waals surface area contributed by atoms with Crippen LogP contribution in [0.1, 0.15) is 6.92 Å². The second kappa shape index (κ2) is 6.66. The van der Waals surface area contributed by atoms with E-state index in [1.54, 1.807) is 12.2 Å². The lowest BCUT2D eigenvalue weighted by Gasteiger charge is -1.90. The average molecular weight is 116 g/mol. The van der Waals surface area contributed by atoms with E-state index in [-0.39, 0.29) is 6.61 Å². The number of ether oxygens (including phenoxy) is 1. The molecule has 0 rings (SSSR count). The molecule has 0 heterocycles. The second-order valence-corrected chi connectivity index (χ2v) is 1.31. The Morgan fingerprint density at radius 2 is 2.25 bits per heavy atom. The van der Waals surface area contributed by atoms with Gasteiger partial charge in [-0.1, -0.05) is 12.2 Å². The third-order valence-electron chi connectivity index (χ3n) is 0.690. The summed E-state index contributed by atoms with van der Waals surface area (Å²) < 4.78 is 4.94. The summed E-state index contributed by atoms with van der Waals surface area (Å²) in [6.07, 6.45) is 3.46. The molecule has 0 aromatic heterocycles. The lowest BCUT2D eigenvalue weighted by atomic mass is 10.5. The van der Waals surface area contributed by atoms with Gasteiger partial charge in [0.25, 0.3) is 0 Å². The molecule has 0 fully saturated rings. The third-order valence-corrected chi connectivity index (χ3v) is 0.690. The Kier molecular flexibility index (Phi) is 6.38. The Bertz CT molecular complexity index is 59.5. The molecule has 0 saturated carbocycles. The van der Waals surface area contributed by atoms with E-state index in [0.29, 0.717) is 6.61 Å². The average Bonchev–Trinajstić information content (AvgIpc) is 1.81. The maximum Gasteiger partial charge on any atom is 0.0648 e. The Labute approximate surface area is 49.8 Å². The van der Waals surface area contributed by atoms with Gasteiger partial charge in [0.1, 0.15) is 0 Å². The molecule has 8 heavy (non-hydrogen) atoms. The first kappa shape index (κ1) is 7.66. The van der Waals surface area contributed by atoms with Crippen molar-refractivity contribution in [3.8, 4) is 0 Å². The van der Waals surface area contributed by atoms with E-state index >= 15 is 0 Å². The maximum absolute atomic E-state index is 8.22. The molecule has 0 aromatic carbocycles. The Morgan fingerprint density at radius 1 is 1.50 bits per heavy atom. The largest absolute Gasteiger partial charge is 0.392 e. The fraction of sp³-hybridized carbons (Fsp3) is 0.667. The van der Waals surface area contributed by atoms with Gasteiger partial charge in [-0.15, -0.1) is 0 Å². The zero-order chi connectivity index (χ0) is 6.24. The molecule has 0 radical (unpaired) electrons. The summed E-state index contributed by atoms with van der Waals surface area (Å²) in [4.78, 5) is 0. The summed E-state index contributed by atoms with van der Waals surface area (Å²) in [5, 5.41) is 8.22. The summed E-state index contributed by atoms with van der Waals surface area (Å²) >= 11 is 0. The number of aliphatic hydroxyl groups is 1. The molecule has 0 saturated heterocycles. The first-order valence-electron chi connectivity index (χ1n) is 2.75. The van der Waals surface area contributed by atoms with Crippen molar-refractivity contribution >= 4 is 0 Å². The molecule has 0 aliphatic carbocycles. The predicted octanol–water partition coefficient (Wildman–Crippen LogP) is 0.571. The van der Waals surface area contributed by atoms with Crippen LogP contribution >= 0.6 is 0 Å². The van der Waals surface area contributed by atoms with E-state index < -0.39 is 0 Å². The minimum Gasteiger partial charge on any atom is -0.392 e. The molecule has 0 aliphatic heterocycles. The summed E-state index contributed by atoms with van der Waals surface area (Å²) in [6, 6.07) is 0. The quantitative estimate of drug-likeness (QED) is 0.430. The van der Waals surface area contributed by atoms with Crippen molar-refractivity contribution in [2.45, 2.75) is 6.92 Å². The molecule has 0 atom stereocenters. The molecule has 48 valence electrons. The Morgan fingerprint density at radius 3 is 2.75 bits per heavy atom. The highest BCUT2D eigenvalue weighted by molar-refractivity contribution is 4.79. The van der Waals surface area contributed by atoms with Gasteiger partial charge in [-0.3, -0.25) is 0 Å². The topological polar surface area (TPSA) is 29.5 Å².